The molecule has 1 aliphatic rings. The average Bonchev–Trinajstić information content (AvgIpc) is 2.59. The molecule has 1 saturated heterocycles. The lowest BCUT2D eigenvalue weighted by Gasteiger charge is -2.36. The van der Waals surface area contributed by atoms with Crippen molar-refractivity contribution in [1.82, 2.24) is 0 Å². The second-order valence-corrected chi connectivity index (χ2v) is 7.57. The molecule has 0 spiro atoms. The van der Waals surface area contributed by atoms with E-state index in [4.69, 9.17) is 4.74 Å². The summed E-state index contributed by atoms with van der Waals surface area (Å²) in [6.07, 6.45) is 19.7. The standard InChI is InChI=1S/C22H40O3/c1-3-5-7-9-10-11-12-13-14-16-19(23)18-21-20(22(24)25-21)17-15-8-6-4-2/h12-13,19-21,23H,3-11,14-18H2,1-2H3/b13-12+/t19-,20+,21+/m1/s1. The van der Waals surface area contributed by atoms with Gasteiger partial charge in [0.1, 0.15) is 6.10 Å². The van der Waals surface area contributed by atoms with Crippen molar-refractivity contribution in [2.24, 2.45) is 5.92 Å². The van der Waals surface area contributed by atoms with Gasteiger partial charge in [-0.05, 0) is 32.1 Å². The minimum atomic E-state index is -0.356. The predicted molar refractivity (Wildman–Crippen MR) is 105 cm³/mol. The third kappa shape index (κ3) is 10.0. The SMILES string of the molecule is CCCCCCC/C=C/CC[C@@H](O)C[C@@H]1OC(=O)[C@H]1CCCCCC. The first-order chi connectivity index (χ1) is 12.2. The van der Waals surface area contributed by atoms with Crippen LogP contribution in [0.15, 0.2) is 12.2 Å². The Bertz CT molecular complexity index is 364. The number of esters is 1. The lowest BCUT2D eigenvalue weighted by atomic mass is 9.87. The number of allylic oxidation sites excluding steroid dienone is 2. The monoisotopic (exact) mass is 352 g/mol. The number of carbonyl (C=O) groups excluding carboxylic acids is 1. The first-order valence-electron chi connectivity index (χ1n) is 10.7. The molecule has 3 nitrogen and oxygen atoms in total. The van der Waals surface area contributed by atoms with Crippen molar-refractivity contribution in [3.05, 3.63) is 12.2 Å². The van der Waals surface area contributed by atoms with E-state index in [1.54, 1.807) is 0 Å². The molecule has 0 radical (unpaired) electrons. The van der Waals surface area contributed by atoms with Crippen molar-refractivity contribution in [2.45, 2.75) is 116 Å². The highest BCUT2D eigenvalue weighted by molar-refractivity contribution is 5.78. The van der Waals surface area contributed by atoms with E-state index in [9.17, 15) is 9.90 Å². The Morgan fingerprint density at radius 2 is 1.60 bits per heavy atom. The number of unbranched alkanes of at least 4 members (excludes halogenated alkanes) is 8. The molecule has 0 aromatic rings. The van der Waals surface area contributed by atoms with Gasteiger partial charge in [0.05, 0.1) is 12.0 Å². The van der Waals surface area contributed by atoms with Crippen LogP contribution in [0.4, 0.5) is 0 Å². The molecule has 146 valence electrons. The van der Waals surface area contributed by atoms with Gasteiger partial charge in [-0.1, -0.05) is 77.4 Å². The number of aliphatic hydroxyl groups is 1. The summed E-state index contributed by atoms with van der Waals surface area (Å²) < 4.78 is 5.25. The Morgan fingerprint density at radius 3 is 2.28 bits per heavy atom. The minimum Gasteiger partial charge on any atom is -0.461 e. The molecular weight excluding hydrogens is 312 g/mol. The Labute approximate surface area is 155 Å². The summed E-state index contributed by atoms with van der Waals surface area (Å²) >= 11 is 0. The fourth-order valence-corrected chi connectivity index (χ4v) is 3.48. The van der Waals surface area contributed by atoms with Gasteiger partial charge in [0, 0.05) is 6.42 Å². The molecule has 3 atom stereocenters. The molecule has 0 bridgehead atoms. The summed E-state index contributed by atoms with van der Waals surface area (Å²) in [4.78, 5) is 11.6. The van der Waals surface area contributed by atoms with Gasteiger partial charge in [-0.3, -0.25) is 4.79 Å². The summed E-state index contributed by atoms with van der Waals surface area (Å²) in [7, 11) is 0. The van der Waals surface area contributed by atoms with Crippen molar-refractivity contribution in [3.8, 4) is 0 Å². The van der Waals surface area contributed by atoms with Crippen LogP contribution in [0.1, 0.15) is 104 Å². The second-order valence-electron chi connectivity index (χ2n) is 7.57. The summed E-state index contributed by atoms with van der Waals surface area (Å²) in [5, 5.41) is 10.2. The predicted octanol–water partition coefficient (Wildman–Crippen LogP) is 5.95. The van der Waals surface area contributed by atoms with Crippen LogP contribution in [-0.4, -0.2) is 23.3 Å². The number of hydrogen-bond acceptors (Lipinski definition) is 3. The molecule has 25 heavy (non-hydrogen) atoms. The van der Waals surface area contributed by atoms with Crippen LogP contribution in [0.2, 0.25) is 0 Å². The number of cyclic esters (lactones) is 1. The number of ether oxygens (including phenoxy) is 1. The van der Waals surface area contributed by atoms with Gasteiger partial charge in [-0.2, -0.15) is 0 Å². The van der Waals surface area contributed by atoms with Crippen LogP contribution in [-0.2, 0) is 9.53 Å². The lowest BCUT2D eigenvalue weighted by Crippen LogP contribution is -2.46. The van der Waals surface area contributed by atoms with Crippen LogP contribution >= 0.6 is 0 Å². The molecule has 0 aromatic heterocycles. The van der Waals surface area contributed by atoms with Gasteiger partial charge >= 0.3 is 5.97 Å². The molecule has 1 aliphatic heterocycles. The lowest BCUT2D eigenvalue weighted by molar-refractivity contribution is -0.188. The molecule has 0 unspecified atom stereocenters. The zero-order valence-corrected chi connectivity index (χ0v) is 16.5. The topological polar surface area (TPSA) is 46.5 Å². The molecule has 1 heterocycles. The quantitative estimate of drug-likeness (QED) is 0.212. The van der Waals surface area contributed by atoms with E-state index in [0.29, 0.717) is 6.42 Å². The number of rotatable bonds is 16. The molecule has 0 saturated carbocycles. The second kappa shape index (κ2) is 14.4. The van der Waals surface area contributed by atoms with Gasteiger partial charge < -0.3 is 9.84 Å². The summed E-state index contributed by atoms with van der Waals surface area (Å²) in [5.74, 6) is -0.0261. The van der Waals surface area contributed by atoms with Crippen LogP contribution in [0.3, 0.4) is 0 Å². The molecule has 0 aliphatic carbocycles. The fraction of sp³-hybridized carbons (Fsp3) is 0.864. The molecule has 1 N–H and O–H groups in total. The normalized spacial score (nSPS) is 21.3. The van der Waals surface area contributed by atoms with Gasteiger partial charge in [0.2, 0.25) is 0 Å². The van der Waals surface area contributed by atoms with Gasteiger partial charge in [-0.15, -0.1) is 0 Å². The van der Waals surface area contributed by atoms with E-state index >= 15 is 0 Å². The Hall–Kier alpha value is -0.830. The molecule has 3 heteroatoms. The van der Waals surface area contributed by atoms with Crippen LogP contribution < -0.4 is 0 Å². The first kappa shape index (κ1) is 22.2. The molecule has 0 amide bonds. The highest BCUT2D eigenvalue weighted by atomic mass is 16.6. The zero-order valence-electron chi connectivity index (χ0n) is 16.5. The van der Waals surface area contributed by atoms with Crippen molar-refractivity contribution in [1.29, 1.82) is 0 Å². The Morgan fingerprint density at radius 1 is 0.960 bits per heavy atom. The zero-order chi connectivity index (χ0) is 18.3. The summed E-state index contributed by atoms with van der Waals surface area (Å²) in [5.41, 5.74) is 0. The Kier molecular flexibility index (Phi) is 12.8. The van der Waals surface area contributed by atoms with Crippen molar-refractivity contribution < 1.29 is 14.6 Å². The average molecular weight is 353 g/mol. The number of hydrogen-bond donors (Lipinski definition) is 1. The van der Waals surface area contributed by atoms with E-state index in [0.717, 1.165) is 32.1 Å². The summed E-state index contributed by atoms with van der Waals surface area (Å²) in [6, 6.07) is 0. The van der Waals surface area contributed by atoms with Crippen molar-refractivity contribution in [3.63, 3.8) is 0 Å². The maximum atomic E-state index is 11.6. The molecule has 0 aromatic carbocycles. The van der Waals surface area contributed by atoms with E-state index in [2.05, 4.69) is 26.0 Å². The van der Waals surface area contributed by atoms with E-state index < -0.39 is 0 Å². The van der Waals surface area contributed by atoms with Gasteiger partial charge in [-0.25, -0.2) is 0 Å². The first-order valence-corrected chi connectivity index (χ1v) is 10.7. The smallest absolute Gasteiger partial charge is 0.313 e. The molecular formula is C22H40O3. The number of aliphatic hydroxyl groups excluding tert-OH is 1. The third-order valence-corrected chi connectivity index (χ3v) is 5.20. The minimum absolute atomic E-state index is 0.0326. The fourth-order valence-electron chi connectivity index (χ4n) is 3.48. The summed E-state index contributed by atoms with van der Waals surface area (Å²) in [6.45, 7) is 4.43. The van der Waals surface area contributed by atoms with Crippen LogP contribution in [0.5, 0.6) is 0 Å². The maximum Gasteiger partial charge on any atom is 0.313 e. The van der Waals surface area contributed by atoms with Crippen molar-refractivity contribution >= 4 is 5.97 Å². The van der Waals surface area contributed by atoms with Gasteiger partial charge in [0.15, 0.2) is 0 Å². The van der Waals surface area contributed by atoms with Crippen molar-refractivity contribution in [2.75, 3.05) is 0 Å². The molecule has 1 rings (SSSR count). The molecule has 1 fully saturated rings. The highest BCUT2D eigenvalue weighted by Gasteiger charge is 2.42. The van der Waals surface area contributed by atoms with E-state index in [1.807, 2.05) is 0 Å². The van der Waals surface area contributed by atoms with E-state index in [1.165, 1.54) is 51.4 Å². The number of carbonyl (C=O) groups is 1. The van der Waals surface area contributed by atoms with Crippen LogP contribution in [0, 0.1) is 5.92 Å². The van der Waals surface area contributed by atoms with E-state index in [-0.39, 0.29) is 24.1 Å². The highest BCUT2D eigenvalue weighted by Crippen LogP contribution is 2.31. The van der Waals surface area contributed by atoms with Gasteiger partial charge in [0.25, 0.3) is 0 Å². The van der Waals surface area contributed by atoms with Crippen LogP contribution in [0.25, 0.3) is 0 Å². The third-order valence-electron chi connectivity index (χ3n) is 5.20. The maximum absolute atomic E-state index is 11.6. The Balaban J connectivity index is 2.05. The largest absolute Gasteiger partial charge is 0.461 e.